The SMILES string of the molecule is Cc1cc(C(N)=S)cc(C(F)(F)F)c1Cl. The summed E-state index contributed by atoms with van der Waals surface area (Å²) < 4.78 is 37.5. The highest BCUT2D eigenvalue weighted by molar-refractivity contribution is 7.80. The molecule has 0 fully saturated rings. The zero-order valence-corrected chi connectivity index (χ0v) is 9.22. The van der Waals surface area contributed by atoms with Gasteiger partial charge in [0.1, 0.15) is 4.99 Å². The van der Waals surface area contributed by atoms with Crippen molar-refractivity contribution in [3.05, 3.63) is 33.8 Å². The zero-order chi connectivity index (χ0) is 11.8. The van der Waals surface area contributed by atoms with Gasteiger partial charge < -0.3 is 5.73 Å². The number of aryl methyl sites for hydroxylation is 1. The maximum absolute atomic E-state index is 12.5. The summed E-state index contributed by atoms with van der Waals surface area (Å²) in [6.45, 7) is 1.47. The maximum Gasteiger partial charge on any atom is 0.417 e. The Bertz CT molecular complexity index is 415. The van der Waals surface area contributed by atoms with E-state index in [2.05, 4.69) is 12.2 Å². The minimum atomic E-state index is -4.50. The van der Waals surface area contributed by atoms with E-state index in [0.717, 1.165) is 6.07 Å². The predicted molar refractivity (Wildman–Crippen MR) is 57.1 cm³/mol. The molecule has 0 aliphatic heterocycles. The van der Waals surface area contributed by atoms with Crippen LogP contribution in [-0.2, 0) is 6.18 Å². The average molecular weight is 254 g/mol. The van der Waals surface area contributed by atoms with Gasteiger partial charge in [0.15, 0.2) is 0 Å². The van der Waals surface area contributed by atoms with E-state index in [9.17, 15) is 13.2 Å². The third-order valence-corrected chi connectivity index (χ3v) is 2.58. The molecule has 0 saturated carbocycles. The van der Waals surface area contributed by atoms with Crippen LogP contribution in [0.25, 0.3) is 0 Å². The van der Waals surface area contributed by atoms with Crippen LogP contribution in [-0.4, -0.2) is 4.99 Å². The lowest BCUT2D eigenvalue weighted by atomic mass is 10.1. The van der Waals surface area contributed by atoms with Crippen molar-refractivity contribution in [2.24, 2.45) is 5.73 Å². The summed E-state index contributed by atoms with van der Waals surface area (Å²) in [5.74, 6) is 0. The number of hydrogen-bond acceptors (Lipinski definition) is 1. The van der Waals surface area contributed by atoms with Crippen molar-refractivity contribution in [3.63, 3.8) is 0 Å². The number of thiocarbonyl (C=S) groups is 1. The Balaban J connectivity index is 3.45. The van der Waals surface area contributed by atoms with E-state index in [1.165, 1.54) is 13.0 Å². The second-order valence-corrected chi connectivity index (χ2v) is 3.83. The summed E-state index contributed by atoms with van der Waals surface area (Å²) in [5.41, 5.74) is 4.82. The van der Waals surface area contributed by atoms with E-state index >= 15 is 0 Å². The molecule has 0 heterocycles. The van der Waals surface area contributed by atoms with Gasteiger partial charge in [-0.1, -0.05) is 23.8 Å². The molecular formula is C9H7ClF3NS. The van der Waals surface area contributed by atoms with Gasteiger partial charge in [0, 0.05) is 5.56 Å². The van der Waals surface area contributed by atoms with Crippen LogP contribution in [0, 0.1) is 6.92 Å². The van der Waals surface area contributed by atoms with E-state index < -0.39 is 11.7 Å². The Morgan fingerprint density at radius 3 is 2.33 bits per heavy atom. The Labute approximate surface area is 95.0 Å². The molecule has 1 nitrogen and oxygen atoms in total. The smallest absolute Gasteiger partial charge is 0.389 e. The quantitative estimate of drug-likeness (QED) is 0.777. The molecule has 82 valence electrons. The van der Waals surface area contributed by atoms with Gasteiger partial charge in [-0.25, -0.2) is 0 Å². The monoisotopic (exact) mass is 253 g/mol. The highest BCUT2D eigenvalue weighted by Crippen LogP contribution is 2.36. The van der Waals surface area contributed by atoms with Gasteiger partial charge in [-0.05, 0) is 24.6 Å². The van der Waals surface area contributed by atoms with Crippen LogP contribution < -0.4 is 5.73 Å². The molecule has 0 amide bonds. The van der Waals surface area contributed by atoms with Crippen LogP contribution in [0.4, 0.5) is 13.2 Å². The molecule has 0 radical (unpaired) electrons. The van der Waals surface area contributed by atoms with Crippen molar-refractivity contribution in [2.75, 3.05) is 0 Å². The first-order valence-corrected chi connectivity index (χ1v) is 4.69. The Morgan fingerprint density at radius 2 is 1.93 bits per heavy atom. The second-order valence-electron chi connectivity index (χ2n) is 3.02. The standard InChI is InChI=1S/C9H7ClF3NS/c1-4-2-5(8(14)15)3-6(7(4)10)9(11,12)13/h2-3H,1H3,(H2,14,15). The molecule has 1 aromatic carbocycles. The molecule has 0 aliphatic rings. The van der Waals surface area contributed by atoms with Crippen molar-refractivity contribution in [3.8, 4) is 0 Å². The first-order valence-electron chi connectivity index (χ1n) is 3.90. The minimum absolute atomic E-state index is 0.0831. The van der Waals surface area contributed by atoms with E-state index in [4.69, 9.17) is 17.3 Å². The van der Waals surface area contributed by atoms with E-state index in [0.29, 0.717) is 5.56 Å². The van der Waals surface area contributed by atoms with Gasteiger partial charge in [-0.3, -0.25) is 0 Å². The van der Waals surface area contributed by atoms with Crippen LogP contribution in [0.5, 0.6) is 0 Å². The lowest BCUT2D eigenvalue weighted by Crippen LogP contribution is -2.13. The first kappa shape index (κ1) is 12.3. The first-order chi connectivity index (χ1) is 6.73. The lowest BCUT2D eigenvalue weighted by molar-refractivity contribution is -0.137. The minimum Gasteiger partial charge on any atom is -0.389 e. The maximum atomic E-state index is 12.5. The van der Waals surface area contributed by atoms with E-state index in [1.807, 2.05) is 0 Å². The number of halogens is 4. The van der Waals surface area contributed by atoms with Gasteiger partial charge in [-0.2, -0.15) is 13.2 Å². The zero-order valence-electron chi connectivity index (χ0n) is 7.65. The largest absolute Gasteiger partial charge is 0.417 e. The highest BCUT2D eigenvalue weighted by atomic mass is 35.5. The number of alkyl halides is 3. The molecule has 1 rings (SSSR count). The lowest BCUT2D eigenvalue weighted by Gasteiger charge is -2.12. The fourth-order valence-corrected chi connectivity index (χ4v) is 1.45. The molecule has 15 heavy (non-hydrogen) atoms. The van der Waals surface area contributed by atoms with Gasteiger partial charge in [0.25, 0.3) is 0 Å². The van der Waals surface area contributed by atoms with Crippen LogP contribution in [0.2, 0.25) is 5.02 Å². The normalized spacial score (nSPS) is 11.5. The summed E-state index contributed by atoms with van der Waals surface area (Å²) in [7, 11) is 0. The van der Waals surface area contributed by atoms with Crippen molar-refractivity contribution < 1.29 is 13.2 Å². The topological polar surface area (TPSA) is 26.0 Å². The van der Waals surface area contributed by atoms with Crippen LogP contribution in [0.15, 0.2) is 12.1 Å². The Morgan fingerprint density at radius 1 is 1.40 bits per heavy atom. The summed E-state index contributed by atoms with van der Waals surface area (Å²) in [6.07, 6.45) is -4.50. The summed E-state index contributed by atoms with van der Waals surface area (Å²) in [5, 5.41) is -0.317. The summed E-state index contributed by atoms with van der Waals surface area (Å²) in [4.78, 5) is -0.0831. The van der Waals surface area contributed by atoms with Crippen LogP contribution in [0.1, 0.15) is 16.7 Å². The highest BCUT2D eigenvalue weighted by Gasteiger charge is 2.34. The Hall–Kier alpha value is -0.810. The van der Waals surface area contributed by atoms with Crippen LogP contribution in [0.3, 0.4) is 0 Å². The van der Waals surface area contributed by atoms with Crippen LogP contribution >= 0.6 is 23.8 Å². The number of hydrogen-bond donors (Lipinski definition) is 1. The summed E-state index contributed by atoms with van der Waals surface area (Å²) >= 11 is 10.2. The molecule has 0 bridgehead atoms. The number of nitrogens with two attached hydrogens (primary N) is 1. The summed E-state index contributed by atoms with van der Waals surface area (Å²) in [6, 6.07) is 2.29. The molecule has 0 saturated heterocycles. The van der Waals surface area contributed by atoms with E-state index in [1.54, 1.807) is 0 Å². The molecule has 0 aromatic heterocycles. The molecule has 2 N–H and O–H groups in total. The molecule has 0 aliphatic carbocycles. The molecule has 0 atom stereocenters. The van der Waals surface area contributed by atoms with Crippen molar-refractivity contribution in [1.82, 2.24) is 0 Å². The Kier molecular flexibility index (Phi) is 3.25. The van der Waals surface area contributed by atoms with Crippen molar-refractivity contribution in [2.45, 2.75) is 13.1 Å². The van der Waals surface area contributed by atoms with Gasteiger partial charge in [0.05, 0.1) is 10.6 Å². The average Bonchev–Trinajstić information content (AvgIpc) is 2.06. The molecule has 6 heteroatoms. The van der Waals surface area contributed by atoms with Crippen molar-refractivity contribution >= 4 is 28.8 Å². The molecule has 0 unspecified atom stereocenters. The molecular weight excluding hydrogens is 247 g/mol. The fraction of sp³-hybridized carbons (Fsp3) is 0.222. The number of rotatable bonds is 1. The fourth-order valence-electron chi connectivity index (χ4n) is 1.12. The van der Waals surface area contributed by atoms with Gasteiger partial charge in [-0.15, -0.1) is 0 Å². The second kappa shape index (κ2) is 3.98. The van der Waals surface area contributed by atoms with Crippen molar-refractivity contribution in [1.29, 1.82) is 0 Å². The number of benzene rings is 1. The molecule has 1 aromatic rings. The van der Waals surface area contributed by atoms with Gasteiger partial charge >= 0.3 is 6.18 Å². The predicted octanol–water partition coefficient (Wildman–Crippen LogP) is 3.30. The third kappa shape index (κ3) is 2.60. The van der Waals surface area contributed by atoms with Gasteiger partial charge in [0.2, 0.25) is 0 Å². The third-order valence-electron chi connectivity index (χ3n) is 1.84. The van der Waals surface area contributed by atoms with E-state index in [-0.39, 0.29) is 15.6 Å². The molecule has 0 spiro atoms.